The molecule has 1 saturated carbocycles. The van der Waals surface area contributed by atoms with Gasteiger partial charge in [-0.25, -0.2) is 0 Å². The van der Waals surface area contributed by atoms with Gasteiger partial charge in [0.15, 0.2) is 0 Å². The number of hydrogen-bond acceptors (Lipinski definition) is 4. The van der Waals surface area contributed by atoms with Crippen molar-refractivity contribution in [2.45, 2.75) is 44.7 Å². The molecule has 0 radical (unpaired) electrons. The summed E-state index contributed by atoms with van der Waals surface area (Å²) in [5, 5.41) is 12.0. The van der Waals surface area contributed by atoms with Crippen LogP contribution < -0.4 is 5.56 Å². The van der Waals surface area contributed by atoms with Gasteiger partial charge in [-0.05, 0) is 36.4 Å². The standard InChI is InChI=1S/C23H23N3O4/c27-22-18(13-16-7-4-5-12-21(16)24-22)15-25(19-9-2-1-3-10-19)23(28)17-8-6-11-20(14-17)26(29)30/h4-8,11-14,19H,1-3,9-10,15H2,(H,24,27). The van der Waals surface area contributed by atoms with Crippen molar-refractivity contribution in [2.24, 2.45) is 0 Å². The van der Waals surface area contributed by atoms with E-state index >= 15 is 0 Å². The number of nitro benzene ring substituents is 1. The van der Waals surface area contributed by atoms with Crippen LogP contribution in [0, 0.1) is 10.1 Å². The topological polar surface area (TPSA) is 96.3 Å². The number of fused-ring (bicyclic) bond motifs is 1. The first-order valence-electron chi connectivity index (χ1n) is 10.2. The highest BCUT2D eigenvalue weighted by Crippen LogP contribution is 2.26. The van der Waals surface area contributed by atoms with Crippen LogP contribution in [0.5, 0.6) is 0 Å². The van der Waals surface area contributed by atoms with Crippen molar-refractivity contribution in [3.05, 3.63) is 86.2 Å². The Morgan fingerprint density at radius 1 is 1.07 bits per heavy atom. The van der Waals surface area contributed by atoms with E-state index in [-0.39, 0.29) is 35.3 Å². The van der Waals surface area contributed by atoms with Crippen LogP contribution in [0.4, 0.5) is 5.69 Å². The molecule has 1 fully saturated rings. The number of carbonyl (C=O) groups excluding carboxylic acids is 1. The molecule has 1 heterocycles. The van der Waals surface area contributed by atoms with Crippen LogP contribution in [0.15, 0.2) is 59.4 Å². The minimum atomic E-state index is -0.504. The van der Waals surface area contributed by atoms with E-state index in [1.165, 1.54) is 18.2 Å². The molecule has 1 aromatic heterocycles. The predicted molar refractivity (Wildman–Crippen MR) is 114 cm³/mol. The van der Waals surface area contributed by atoms with Crippen molar-refractivity contribution < 1.29 is 9.72 Å². The van der Waals surface area contributed by atoms with Crippen LogP contribution in [-0.4, -0.2) is 26.8 Å². The van der Waals surface area contributed by atoms with Gasteiger partial charge in [-0.2, -0.15) is 0 Å². The Hall–Kier alpha value is -3.48. The summed E-state index contributed by atoms with van der Waals surface area (Å²) in [6.07, 6.45) is 4.92. The average molecular weight is 405 g/mol. The third-order valence-corrected chi connectivity index (χ3v) is 5.75. The normalized spacial score (nSPS) is 14.5. The summed E-state index contributed by atoms with van der Waals surface area (Å²) in [6, 6.07) is 15.1. The Balaban J connectivity index is 1.71. The lowest BCUT2D eigenvalue weighted by Crippen LogP contribution is -2.42. The maximum Gasteiger partial charge on any atom is 0.270 e. The predicted octanol–water partition coefficient (Wildman–Crippen LogP) is 4.41. The van der Waals surface area contributed by atoms with Crippen molar-refractivity contribution in [2.75, 3.05) is 0 Å². The number of nitrogens with zero attached hydrogens (tertiary/aromatic N) is 2. The average Bonchev–Trinajstić information content (AvgIpc) is 2.78. The Morgan fingerprint density at radius 3 is 2.60 bits per heavy atom. The third-order valence-electron chi connectivity index (χ3n) is 5.75. The molecule has 0 spiro atoms. The van der Waals surface area contributed by atoms with E-state index < -0.39 is 4.92 Å². The molecule has 0 unspecified atom stereocenters. The summed E-state index contributed by atoms with van der Waals surface area (Å²) in [6.45, 7) is 0.173. The maximum absolute atomic E-state index is 13.4. The van der Waals surface area contributed by atoms with Crippen LogP contribution in [0.25, 0.3) is 10.9 Å². The molecule has 1 amide bonds. The number of para-hydroxylation sites is 1. The van der Waals surface area contributed by atoms with E-state index in [0.717, 1.165) is 43.0 Å². The Bertz CT molecular complexity index is 1150. The maximum atomic E-state index is 13.4. The van der Waals surface area contributed by atoms with Crippen molar-refractivity contribution in [3.63, 3.8) is 0 Å². The fourth-order valence-corrected chi connectivity index (χ4v) is 4.17. The summed E-state index contributed by atoms with van der Waals surface area (Å²) in [5.41, 5.74) is 1.19. The second-order valence-corrected chi connectivity index (χ2v) is 7.74. The number of aromatic nitrogens is 1. The number of carbonyl (C=O) groups is 1. The summed E-state index contributed by atoms with van der Waals surface area (Å²) in [5.74, 6) is -0.279. The minimum Gasteiger partial charge on any atom is -0.331 e. The molecule has 4 rings (SSSR count). The molecule has 1 aliphatic carbocycles. The number of amides is 1. The lowest BCUT2D eigenvalue weighted by atomic mass is 9.93. The van der Waals surface area contributed by atoms with Gasteiger partial charge in [0.1, 0.15) is 0 Å². The van der Waals surface area contributed by atoms with Crippen LogP contribution in [-0.2, 0) is 6.54 Å². The highest BCUT2D eigenvalue weighted by molar-refractivity contribution is 5.95. The van der Waals surface area contributed by atoms with E-state index in [0.29, 0.717) is 5.56 Å². The highest BCUT2D eigenvalue weighted by Gasteiger charge is 2.28. The minimum absolute atomic E-state index is 0.0105. The van der Waals surface area contributed by atoms with Gasteiger partial charge in [0.2, 0.25) is 0 Å². The van der Waals surface area contributed by atoms with E-state index in [1.54, 1.807) is 11.0 Å². The number of nitrogens with one attached hydrogen (secondary N) is 1. The zero-order chi connectivity index (χ0) is 21.1. The van der Waals surface area contributed by atoms with E-state index in [1.807, 2.05) is 30.3 Å². The number of pyridine rings is 1. The number of non-ortho nitro benzene ring substituents is 1. The lowest BCUT2D eigenvalue weighted by Gasteiger charge is -2.34. The zero-order valence-electron chi connectivity index (χ0n) is 16.5. The fraction of sp³-hybridized carbons (Fsp3) is 0.304. The van der Waals surface area contributed by atoms with Gasteiger partial charge in [-0.3, -0.25) is 19.7 Å². The molecular weight excluding hydrogens is 382 g/mol. The van der Waals surface area contributed by atoms with Crippen molar-refractivity contribution >= 4 is 22.5 Å². The van der Waals surface area contributed by atoms with Crippen LogP contribution in [0.3, 0.4) is 0 Å². The van der Waals surface area contributed by atoms with Crippen LogP contribution >= 0.6 is 0 Å². The van der Waals surface area contributed by atoms with Gasteiger partial charge in [-0.15, -0.1) is 0 Å². The molecule has 0 atom stereocenters. The number of rotatable bonds is 5. The van der Waals surface area contributed by atoms with E-state index in [9.17, 15) is 19.7 Å². The first kappa shape index (κ1) is 19.8. The Kier molecular flexibility index (Phi) is 5.61. The Labute approximate surface area is 173 Å². The number of benzene rings is 2. The number of nitro groups is 1. The van der Waals surface area contributed by atoms with E-state index in [4.69, 9.17) is 0 Å². The quantitative estimate of drug-likeness (QED) is 0.502. The van der Waals surface area contributed by atoms with Gasteiger partial charge in [-0.1, -0.05) is 43.5 Å². The third kappa shape index (κ3) is 4.10. The number of aromatic amines is 1. The van der Waals surface area contributed by atoms with Crippen molar-refractivity contribution in [3.8, 4) is 0 Å². The molecule has 0 saturated heterocycles. The molecule has 7 nitrogen and oxygen atoms in total. The van der Waals surface area contributed by atoms with Crippen LogP contribution in [0.1, 0.15) is 48.0 Å². The zero-order valence-corrected chi connectivity index (χ0v) is 16.5. The molecule has 0 bridgehead atoms. The summed E-state index contributed by atoms with van der Waals surface area (Å²) in [4.78, 5) is 41.3. The van der Waals surface area contributed by atoms with Crippen LogP contribution in [0.2, 0.25) is 0 Å². The van der Waals surface area contributed by atoms with E-state index in [2.05, 4.69) is 4.98 Å². The molecule has 154 valence electrons. The first-order valence-corrected chi connectivity index (χ1v) is 10.2. The summed E-state index contributed by atoms with van der Waals surface area (Å²) >= 11 is 0. The monoisotopic (exact) mass is 405 g/mol. The molecule has 30 heavy (non-hydrogen) atoms. The second-order valence-electron chi connectivity index (χ2n) is 7.74. The summed E-state index contributed by atoms with van der Waals surface area (Å²) < 4.78 is 0. The molecular formula is C23H23N3O4. The van der Waals surface area contributed by atoms with Gasteiger partial charge >= 0.3 is 0 Å². The smallest absolute Gasteiger partial charge is 0.270 e. The van der Waals surface area contributed by atoms with Crippen molar-refractivity contribution in [1.29, 1.82) is 0 Å². The van der Waals surface area contributed by atoms with Gasteiger partial charge in [0, 0.05) is 34.8 Å². The van der Waals surface area contributed by atoms with Gasteiger partial charge < -0.3 is 9.88 Å². The molecule has 1 N–H and O–H groups in total. The van der Waals surface area contributed by atoms with Gasteiger partial charge in [0.05, 0.1) is 11.5 Å². The molecule has 3 aromatic rings. The fourth-order valence-electron chi connectivity index (χ4n) is 4.17. The number of hydrogen-bond donors (Lipinski definition) is 1. The molecule has 1 aliphatic rings. The largest absolute Gasteiger partial charge is 0.331 e. The first-order chi connectivity index (χ1) is 14.5. The number of H-pyrrole nitrogens is 1. The second kappa shape index (κ2) is 8.49. The molecule has 2 aromatic carbocycles. The molecule has 0 aliphatic heterocycles. The SMILES string of the molecule is O=C(c1cccc([N+](=O)[O-])c1)N(Cc1cc2ccccc2[nH]c1=O)C1CCCCC1. The van der Waals surface area contributed by atoms with Crippen molar-refractivity contribution in [1.82, 2.24) is 9.88 Å². The summed E-state index contributed by atoms with van der Waals surface area (Å²) in [7, 11) is 0. The Morgan fingerprint density at radius 2 is 1.83 bits per heavy atom. The van der Waals surface area contributed by atoms with Gasteiger partial charge in [0.25, 0.3) is 17.2 Å². The highest BCUT2D eigenvalue weighted by atomic mass is 16.6. The lowest BCUT2D eigenvalue weighted by molar-refractivity contribution is -0.384. The molecule has 7 heteroatoms.